The van der Waals surface area contributed by atoms with Gasteiger partial charge in [-0.25, -0.2) is 0 Å². The summed E-state index contributed by atoms with van der Waals surface area (Å²) in [6.45, 7) is 8.49. The average molecular weight is 353 g/mol. The van der Waals surface area contributed by atoms with Gasteiger partial charge in [-0.05, 0) is 44.0 Å². The standard InChI is InChI=1S/C20H27N5O/c1-17-6-7-19(23-22-17)25-10-4-8-20(15-25)14-24(11-12-26-16-20)13-18-5-2-3-9-21-18/h2-3,5-7,9H,4,8,10-16H2,1H3. The average Bonchev–Trinajstić information content (AvgIpc) is 2.85. The summed E-state index contributed by atoms with van der Waals surface area (Å²) in [7, 11) is 0. The first-order chi connectivity index (χ1) is 12.7. The molecule has 2 fully saturated rings. The van der Waals surface area contributed by atoms with E-state index in [0.717, 1.165) is 69.6 Å². The molecule has 6 nitrogen and oxygen atoms in total. The molecule has 138 valence electrons. The fourth-order valence-corrected chi connectivity index (χ4v) is 4.15. The van der Waals surface area contributed by atoms with Crippen molar-refractivity contribution in [3.63, 3.8) is 0 Å². The third-order valence-corrected chi connectivity index (χ3v) is 5.40. The van der Waals surface area contributed by atoms with Crippen LogP contribution in [0.3, 0.4) is 0 Å². The van der Waals surface area contributed by atoms with Gasteiger partial charge >= 0.3 is 0 Å². The van der Waals surface area contributed by atoms with Gasteiger partial charge in [0.25, 0.3) is 0 Å². The fourth-order valence-electron chi connectivity index (χ4n) is 4.15. The Kier molecular flexibility index (Phi) is 5.13. The lowest BCUT2D eigenvalue weighted by Gasteiger charge is -2.44. The first-order valence-corrected chi connectivity index (χ1v) is 9.48. The summed E-state index contributed by atoms with van der Waals surface area (Å²) in [5, 5.41) is 8.64. The molecule has 1 unspecified atom stereocenters. The SMILES string of the molecule is Cc1ccc(N2CCCC3(COCCN(Cc4ccccn4)C3)C2)nn1. The normalized spacial score (nSPS) is 24.6. The van der Waals surface area contributed by atoms with Crippen molar-refractivity contribution in [2.75, 3.05) is 44.3 Å². The number of hydrogen-bond acceptors (Lipinski definition) is 6. The van der Waals surface area contributed by atoms with E-state index in [-0.39, 0.29) is 5.41 Å². The number of aryl methyl sites for hydroxylation is 1. The monoisotopic (exact) mass is 353 g/mol. The number of anilines is 1. The fraction of sp³-hybridized carbons (Fsp3) is 0.550. The molecule has 2 aliphatic rings. The lowest BCUT2D eigenvalue weighted by atomic mass is 9.80. The highest BCUT2D eigenvalue weighted by molar-refractivity contribution is 5.38. The van der Waals surface area contributed by atoms with Gasteiger partial charge in [0.05, 0.1) is 24.6 Å². The summed E-state index contributed by atoms with van der Waals surface area (Å²) in [5.41, 5.74) is 2.23. The van der Waals surface area contributed by atoms with Crippen molar-refractivity contribution in [2.24, 2.45) is 5.41 Å². The first kappa shape index (κ1) is 17.4. The second kappa shape index (κ2) is 7.68. The molecule has 4 rings (SSSR count). The minimum absolute atomic E-state index is 0.149. The predicted molar refractivity (Wildman–Crippen MR) is 101 cm³/mol. The van der Waals surface area contributed by atoms with E-state index in [4.69, 9.17) is 4.74 Å². The highest BCUT2D eigenvalue weighted by Crippen LogP contribution is 2.34. The zero-order valence-electron chi connectivity index (χ0n) is 15.5. The molecule has 26 heavy (non-hydrogen) atoms. The molecule has 2 aliphatic heterocycles. The van der Waals surface area contributed by atoms with E-state index in [1.54, 1.807) is 0 Å². The van der Waals surface area contributed by atoms with E-state index in [9.17, 15) is 0 Å². The Labute approximate surface area is 155 Å². The molecule has 0 aliphatic carbocycles. The van der Waals surface area contributed by atoms with E-state index in [2.05, 4.69) is 43.2 Å². The molecule has 4 heterocycles. The van der Waals surface area contributed by atoms with Crippen molar-refractivity contribution in [1.29, 1.82) is 0 Å². The maximum Gasteiger partial charge on any atom is 0.151 e. The number of piperidine rings is 1. The third-order valence-electron chi connectivity index (χ3n) is 5.40. The minimum Gasteiger partial charge on any atom is -0.379 e. The molecule has 6 heteroatoms. The Morgan fingerprint density at radius 2 is 2.08 bits per heavy atom. The summed E-state index contributed by atoms with van der Waals surface area (Å²) in [4.78, 5) is 9.37. The van der Waals surface area contributed by atoms with Gasteiger partial charge in [-0.15, -0.1) is 5.10 Å². The van der Waals surface area contributed by atoms with E-state index < -0.39 is 0 Å². The predicted octanol–water partition coefficient (Wildman–Crippen LogP) is 2.30. The summed E-state index contributed by atoms with van der Waals surface area (Å²) in [6, 6.07) is 10.3. The number of hydrogen-bond donors (Lipinski definition) is 0. The number of pyridine rings is 1. The second-order valence-corrected chi connectivity index (χ2v) is 7.64. The highest BCUT2D eigenvalue weighted by atomic mass is 16.5. The highest BCUT2D eigenvalue weighted by Gasteiger charge is 2.39. The van der Waals surface area contributed by atoms with Gasteiger partial charge < -0.3 is 9.64 Å². The second-order valence-electron chi connectivity index (χ2n) is 7.64. The van der Waals surface area contributed by atoms with Crippen LogP contribution in [0.1, 0.15) is 24.2 Å². The van der Waals surface area contributed by atoms with Crippen LogP contribution in [-0.2, 0) is 11.3 Å². The van der Waals surface area contributed by atoms with E-state index in [1.807, 2.05) is 25.3 Å². The van der Waals surface area contributed by atoms with E-state index in [0.29, 0.717) is 0 Å². The quantitative estimate of drug-likeness (QED) is 0.844. The molecule has 0 N–H and O–H groups in total. The molecular formula is C20H27N5O. The van der Waals surface area contributed by atoms with Gasteiger partial charge in [0.2, 0.25) is 0 Å². The van der Waals surface area contributed by atoms with Crippen LogP contribution in [0.4, 0.5) is 5.82 Å². The molecule has 2 aromatic heterocycles. The van der Waals surface area contributed by atoms with Crippen LogP contribution in [0.2, 0.25) is 0 Å². The Bertz CT molecular complexity index is 708. The molecule has 0 radical (unpaired) electrons. The maximum atomic E-state index is 6.03. The van der Waals surface area contributed by atoms with E-state index in [1.165, 1.54) is 6.42 Å². The summed E-state index contributed by atoms with van der Waals surface area (Å²) in [6.07, 6.45) is 4.23. The molecule has 2 aromatic rings. The van der Waals surface area contributed by atoms with Crippen LogP contribution in [0.15, 0.2) is 36.5 Å². The summed E-state index contributed by atoms with van der Waals surface area (Å²) < 4.78 is 6.03. The van der Waals surface area contributed by atoms with E-state index >= 15 is 0 Å². The summed E-state index contributed by atoms with van der Waals surface area (Å²) in [5.74, 6) is 0.982. The number of aromatic nitrogens is 3. The van der Waals surface area contributed by atoms with Gasteiger partial charge in [-0.2, -0.15) is 5.10 Å². The Hall–Kier alpha value is -2.05. The smallest absolute Gasteiger partial charge is 0.151 e. The van der Waals surface area contributed by atoms with Crippen molar-refractivity contribution in [1.82, 2.24) is 20.1 Å². The van der Waals surface area contributed by atoms with Gasteiger partial charge in [0.1, 0.15) is 0 Å². The van der Waals surface area contributed by atoms with Crippen molar-refractivity contribution in [2.45, 2.75) is 26.3 Å². The molecule has 0 saturated carbocycles. The Balaban J connectivity index is 1.49. The molecular weight excluding hydrogens is 326 g/mol. The summed E-state index contributed by atoms with van der Waals surface area (Å²) >= 11 is 0. The number of nitrogens with zero attached hydrogens (tertiary/aromatic N) is 5. The largest absolute Gasteiger partial charge is 0.379 e. The van der Waals surface area contributed by atoms with Crippen LogP contribution in [0.5, 0.6) is 0 Å². The molecule has 2 saturated heterocycles. The van der Waals surface area contributed by atoms with Gasteiger partial charge in [-0.3, -0.25) is 9.88 Å². The van der Waals surface area contributed by atoms with Crippen LogP contribution in [0.25, 0.3) is 0 Å². The van der Waals surface area contributed by atoms with Crippen molar-refractivity contribution >= 4 is 5.82 Å². The van der Waals surface area contributed by atoms with Gasteiger partial charge in [-0.1, -0.05) is 6.07 Å². The molecule has 1 spiro atoms. The van der Waals surface area contributed by atoms with Crippen LogP contribution in [0, 0.1) is 12.3 Å². The third kappa shape index (κ3) is 4.02. The number of rotatable bonds is 3. The molecule has 1 atom stereocenters. The topological polar surface area (TPSA) is 54.4 Å². The van der Waals surface area contributed by atoms with Crippen LogP contribution < -0.4 is 4.90 Å². The van der Waals surface area contributed by atoms with Crippen LogP contribution in [-0.4, -0.2) is 59.5 Å². The molecule has 0 bridgehead atoms. The Morgan fingerprint density at radius 3 is 2.88 bits per heavy atom. The van der Waals surface area contributed by atoms with Crippen molar-refractivity contribution < 1.29 is 4.74 Å². The van der Waals surface area contributed by atoms with Gasteiger partial charge in [0.15, 0.2) is 5.82 Å². The minimum atomic E-state index is 0.149. The lowest BCUT2D eigenvalue weighted by molar-refractivity contribution is 0.0555. The first-order valence-electron chi connectivity index (χ1n) is 9.48. The zero-order valence-corrected chi connectivity index (χ0v) is 15.5. The van der Waals surface area contributed by atoms with Crippen molar-refractivity contribution in [3.05, 3.63) is 47.9 Å². The molecule has 0 amide bonds. The van der Waals surface area contributed by atoms with Gasteiger partial charge in [0, 0.05) is 44.3 Å². The number of ether oxygens (including phenoxy) is 1. The van der Waals surface area contributed by atoms with Crippen LogP contribution >= 0.6 is 0 Å². The molecule has 0 aromatic carbocycles. The zero-order chi connectivity index (χ0) is 17.8. The maximum absolute atomic E-state index is 6.03. The van der Waals surface area contributed by atoms with Crippen molar-refractivity contribution in [3.8, 4) is 0 Å². The Morgan fingerprint density at radius 1 is 1.12 bits per heavy atom. The lowest BCUT2D eigenvalue weighted by Crippen LogP contribution is -2.50.